The first kappa shape index (κ1) is 13.1. The third-order valence-corrected chi connectivity index (χ3v) is 3.54. The summed E-state index contributed by atoms with van der Waals surface area (Å²) in [6.07, 6.45) is 1.88. The fourth-order valence-electron chi connectivity index (χ4n) is 2.36. The third-order valence-electron chi connectivity index (χ3n) is 3.54. The molecule has 1 heterocycles. The fraction of sp³-hybridized carbons (Fsp3) is 0.111. The quantitative estimate of drug-likeness (QED) is 0.663. The molecule has 0 N–H and O–H groups in total. The number of allylic oxidation sites excluding steroid dienone is 1. The van der Waals surface area contributed by atoms with Gasteiger partial charge in [-0.05, 0) is 30.7 Å². The highest BCUT2D eigenvalue weighted by atomic mass is 15.1. The zero-order valence-electron chi connectivity index (χ0n) is 12.0. The highest BCUT2D eigenvalue weighted by Gasteiger charge is 2.11. The van der Waals surface area contributed by atoms with Gasteiger partial charge in [0.15, 0.2) is 5.82 Å². The Morgan fingerprint density at radius 3 is 2.52 bits per heavy atom. The van der Waals surface area contributed by atoms with Gasteiger partial charge in [-0.15, -0.1) is 0 Å². The summed E-state index contributed by atoms with van der Waals surface area (Å²) in [4.78, 5) is 4.57. The maximum absolute atomic E-state index is 9.47. The summed E-state index contributed by atoms with van der Waals surface area (Å²) in [5, 5.41) is 9.47. The van der Waals surface area contributed by atoms with Gasteiger partial charge in [-0.2, -0.15) is 5.26 Å². The lowest BCUT2D eigenvalue weighted by Gasteiger charge is -2.01. The van der Waals surface area contributed by atoms with Gasteiger partial charge in [0.2, 0.25) is 0 Å². The predicted molar refractivity (Wildman–Crippen MR) is 85.4 cm³/mol. The average Bonchev–Trinajstić information content (AvgIpc) is 2.84. The van der Waals surface area contributed by atoms with Crippen molar-refractivity contribution in [2.45, 2.75) is 6.92 Å². The molecule has 0 aliphatic rings. The van der Waals surface area contributed by atoms with E-state index in [4.69, 9.17) is 0 Å². The third kappa shape index (κ3) is 2.44. The Kier molecular flexibility index (Phi) is 3.29. The van der Waals surface area contributed by atoms with Crippen LogP contribution in [0.2, 0.25) is 0 Å². The highest BCUT2D eigenvalue weighted by molar-refractivity contribution is 5.90. The van der Waals surface area contributed by atoms with Gasteiger partial charge in [0.05, 0.1) is 16.6 Å². The Morgan fingerprint density at radius 2 is 1.86 bits per heavy atom. The number of hydrogen-bond acceptors (Lipinski definition) is 2. The molecule has 3 aromatic rings. The number of aromatic nitrogens is 2. The van der Waals surface area contributed by atoms with Crippen LogP contribution in [0.15, 0.2) is 48.5 Å². The first-order valence-electron chi connectivity index (χ1n) is 6.79. The number of nitriles is 1. The van der Waals surface area contributed by atoms with Crippen LogP contribution in [0.4, 0.5) is 0 Å². The number of hydrogen-bond donors (Lipinski definition) is 0. The van der Waals surface area contributed by atoms with Crippen LogP contribution >= 0.6 is 0 Å². The fourth-order valence-corrected chi connectivity index (χ4v) is 2.36. The number of imidazole rings is 1. The molecule has 21 heavy (non-hydrogen) atoms. The molecule has 0 atom stereocenters. The van der Waals surface area contributed by atoms with Crippen molar-refractivity contribution in [3.63, 3.8) is 0 Å². The zero-order chi connectivity index (χ0) is 14.8. The number of benzene rings is 2. The van der Waals surface area contributed by atoms with Crippen molar-refractivity contribution in [3.05, 3.63) is 65.5 Å². The first-order chi connectivity index (χ1) is 10.2. The minimum Gasteiger partial charge on any atom is -0.327 e. The SMILES string of the molecule is Cc1ccc(C=C(C#N)c2nc3ccccc3n2C)cc1. The Labute approximate surface area is 123 Å². The van der Waals surface area contributed by atoms with E-state index in [9.17, 15) is 5.26 Å². The molecule has 0 amide bonds. The van der Waals surface area contributed by atoms with Crippen molar-refractivity contribution in [1.82, 2.24) is 9.55 Å². The molecule has 2 aromatic carbocycles. The lowest BCUT2D eigenvalue weighted by molar-refractivity contribution is 0.925. The van der Waals surface area contributed by atoms with Gasteiger partial charge in [-0.3, -0.25) is 0 Å². The van der Waals surface area contributed by atoms with E-state index in [1.165, 1.54) is 5.56 Å². The molecule has 0 aliphatic carbocycles. The van der Waals surface area contributed by atoms with Crippen LogP contribution in [-0.4, -0.2) is 9.55 Å². The second kappa shape index (κ2) is 5.26. The summed E-state index contributed by atoms with van der Waals surface area (Å²) >= 11 is 0. The highest BCUT2D eigenvalue weighted by Crippen LogP contribution is 2.22. The molecule has 3 heteroatoms. The second-order valence-electron chi connectivity index (χ2n) is 5.06. The Morgan fingerprint density at radius 1 is 1.14 bits per heavy atom. The number of fused-ring (bicyclic) bond motifs is 1. The van der Waals surface area contributed by atoms with Crippen LogP contribution in [0, 0.1) is 18.3 Å². The van der Waals surface area contributed by atoms with Gasteiger partial charge >= 0.3 is 0 Å². The van der Waals surface area contributed by atoms with E-state index >= 15 is 0 Å². The molecule has 102 valence electrons. The number of para-hydroxylation sites is 2. The monoisotopic (exact) mass is 273 g/mol. The Hall–Kier alpha value is -2.86. The van der Waals surface area contributed by atoms with Crippen LogP contribution in [0.3, 0.4) is 0 Å². The summed E-state index contributed by atoms with van der Waals surface area (Å²) < 4.78 is 1.96. The Balaban J connectivity index is 2.12. The molecule has 0 radical (unpaired) electrons. The molecular formula is C18H15N3. The molecular weight excluding hydrogens is 258 g/mol. The van der Waals surface area contributed by atoms with Gasteiger partial charge in [-0.1, -0.05) is 42.0 Å². The summed E-state index contributed by atoms with van der Waals surface area (Å²) in [6, 6.07) is 18.2. The van der Waals surface area contributed by atoms with Gasteiger partial charge in [0, 0.05) is 7.05 Å². The van der Waals surface area contributed by atoms with Gasteiger partial charge < -0.3 is 4.57 Å². The second-order valence-corrected chi connectivity index (χ2v) is 5.06. The van der Waals surface area contributed by atoms with Crippen molar-refractivity contribution in [3.8, 4) is 6.07 Å². The van der Waals surface area contributed by atoms with Crippen molar-refractivity contribution >= 4 is 22.7 Å². The van der Waals surface area contributed by atoms with Crippen molar-refractivity contribution in [1.29, 1.82) is 5.26 Å². The predicted octanol–water partition coefficient (Wildman–Crippen LogP) is 3.95. The van der Waals surface area contributed by atoms with Crippen LogP contribution in [0.25, 0.3) is 22.7 Å². The minimum absolute atomic E-state index is 0.567. The molecule has 3 rings (SSSR count). The summed E-state index contributed by atoms with van der Waals surface area (Å²) in [7, 11) is 1.94. The average molecular weight is 273 g/mol. The van der Waals surface area contributed by atoms with E-state index in [0.29, 0.717) is 11.4 Å². The van der Waals surface area contributed by atoms with E-state index in [-0.39, 0.29) is 0 Å². The van der Waals surface area contributed by atoms with Crippen LogP contribution in [-0.2, 0) is 7.05 Å². The van der Waals surface area contributed by atoms with Crippen molar-refractivity contribution < 1.29 is 0 Å². The number of nitrogens with zero attached hydrogens (tertiary/aromatic N) is 3. The molecule has 0 saturated carbocycles. The van der Waals surface area contributed by atoms with E-state index in [1.54, 1.807) is 0 Å². The maximum atomic E-state index is 9.47. The molecule has 0 unspecified atom stereocenters. The topological polar surface area (TPSA) is 41.6 Å². The smallest absolute Gasteiger partial charge is 0.151 e. The van der Waals surface area contributed by atoms with Gasteiger partial charge in [0.25, 0.3) is 0 Å². The van der Waals surface area contributed by atoms with E-state index in [0.717, 1.165) is 16.6 Å². The van der Waals surface area contributed by atoms with Crippen LogP contribution in [0.1, 0.15) is 17.0 Å². The van der Waals surface area contributed by atoms with E-state index in [1.807, 2.05) is 73.1 Å². The minimum atomic E-state index is 0.567. The molecule has 1 aromatic heterocycles. The normalized spacial score (nSPS) is 11.6. The van der Waals surface area contributed by atoms with Crippen LogP contribution < -0.4 is 0 Å². The standard InChI is InChI=1S/C18H15N3/c1-13-7-9-14(10-8-13)11-15(12-19)18-20-16-5-3-4-6-17(16)21(18)2/h3-11H,1-2H3. The van der Waals surface area contributed by atoms with E-state index in [2.05, 4.69) is 11.1 Å². The molecule has 0 saturated heterocycles. The summed E-state index contributed by atoms with van der Waals surface area (Å²) in [6.45, 7) is 2.05. The van der Waals surface area contributed by atoms with Crippen molar-refractivity contribution in [2.24, 2.45) is 7.05 Å². The molecule has 0 spiro atoms. The van der Waals surface area contributed by atoms with Gasteiger partial charge in [0.1, 0.15) is 6.07 Å². The largest absolute Gasteiger partial charge is 0.327 e. The molecule has 3 nitrogen and oxygen atoms in total. The number of aryl methyl sites for hydroxylation is 2. The maximum Gasteiger partial charge on any atom is 0.151 e. The first-order valence-corrected chi connectivity index (χ1v) is 6.79. The lowest BCUT2D eigenvalue weighted by atomic mass is 10.1. The van der Waals surface area contributed by atoms with Crippen LogP contribution in [0.5, 0.6) is 0 Å². The summed E-state index contributed by atoms with van der Waals surface area (Å²) in [5.41, 5.74) is 4.70. The molecule has 0 bridgehead atoms. The Bertz CT molecular complexity index is 862. The lowest BCUT2D eigenvalue weighted by Crippen LogP contribution is -1.96. The number of rotatable bonds is 2. The van der Waals surface area contributed by atoms with E-state index < -0.39 is 0 Å². The molecule has 0 aliphatic heterocycles. The zero-order valence-corrected chi connectivity index (χ0v) is 12.0. The molecule has 0 fully saturated rings. The van der Waals surface area contributed by atoms with Crippen molar-refractivity contribution in [2.75, 3.05) is 0 Å². The van der Waals surface area contributed by atoms with Gasteiger partial charge in [-0.25, -0.2) is 4.98 Å². The summed E-state index contributed by atoms with van der Waals surface area (Å²) in [5.74, 6) is 0.694.